The Bertz CT molecular complexity index is 1170. The van der Waals surface area contributed by atoms with Crippen LogP contribution in [0.1, 0.15) is 49.8 Å². The fraction of sp³-hybridized carbons (Fsp3) is 0.462. The number of sulfonamides is 1. The van der Waals surface area contributed by atoms with Crippen LogP contribution in [0.5, 0.6) is 0 Å². The summed E-state index contributed by atoms with van der Waals surface area (Å²) >= 11 is 12.3. The van der Waals surface area contributed by atoms with Crippen molar-refractivity contribution in [1.82, 2.24) is 10.2 Å². The van der Waals surface area contributed by atoms with Gasteiger partial charge >= 0.3 is 0 Å². The van der Waals surface area contributed by atoms with Crippen LogP contribution in [0, 0.1) is 13.8 Å². The molecule has 2 aromatic carbocycles. The fourth-order valence-corrected chi connectivity index (χ4v) is 5.33. The van der Waals surface area contributed by atoms with E-state index in [1.54, 1.807) is 25.1 Å². The van der Waals surface area contributed by atoms with Gasteiger partial charge in [-0.25, -0.2) is 8.42 Å². The first-order chi connectivity index (χ1) is 16.8. The zero-order valence-corrected chi connectivity index (χ0v) is 23.8. The average molecular weight is 557 g/mol. The lowest BCUT2D eigenvalue weighted by Gasteiger charge is -2.30. The highest BCUT2D eigenvalue weighted by atomic mass is 35.5. The Morgan fingerprint density at radius 2 is 1.69 bits per heavy atom. The predicted octanol–water partition coefficient (Wildman–Crippen LogP) is 5.10. The lowest BCUT2D eigenvalue weighted by Crippen LogP contribution is -2.48. The number of carbonyl (C=O) groups excluding carboxylic acids is 2. The lowest BCUT2D eigenvalue weighted by atomic mass is 10.1. The normalized spacial score (nSPS) is 12.2. The van der Waals surface area contributed by atoms with Crippen molar-refractivity contribution in [2.24, 2.45) is 0 Å². The van der Waals surface area contributed by atoms with Gasteiger partial charge in [0.15, 0.2) is 0 Å². The third-order valence-corrected chi connectivity index (χ3v) is 7.50. The minimum absolute atomic E-state index is 0.0629. The topological polar surface area (TPSA) is 86.8 Å². The molecule has 0 aliphatic heterocycles. The Balaban J connectivity index is 2.21. The molecule has 0 aromatic heterocycles. The second-order valence-electron chi connectivity index (χ2n) is 9.01. The Morgan fingerprint density at radius 3 is 2.25 bits per heavy atom. The molecule has 0 heterocycles. The van der Waals surface area contributed by atoms with Gasteiger partial charge in [-0.15, -0.1) is 0 Å². The zero-order valence-electron chi connectivity index (χ0n) is 21.5. The molecule has 7 nitrogen and oxygen atoms in total. The third kappa shape index (κ3) is 8.68. The van der Waals surface area contributed by atoms with Gasteiger partial charge in [0, 0.05) is 36.1 Å². The molecule has 0 saturated heterocycles. The van der Waals surface area contributed by atoms with Crippen LogP contribution in [0.3, 0.4) is 0 Å². The molecule has 10 heteroatoms. The molecule has 0 fully saturated rings. The third-order valence-electron chi connectivity index (χ3n) is 5.72. The van der Waals surface area contributed by atoms with Gasteiger partial charge in [0.25, 0.3) is 0 Å². The minimum Gasteiger partial charge on any atom is -0.354 e. The van der Waals surface area contributed by atoms with E-state index in [2.05, 4.69) is 5.32 Å². The van der Waals surface area contributed by atoms with Crippen LogP contribution < -0.4 is 9.62 Å². The maximum atomic E-state index is 13.3. The number of aryl methyl sites for hydroxylation is 2. The summed E-state index contributed by atoms with van der Waals surface area (Å²) in [5.41, 5.74) is 3.14. The van der Waals surface area contributed by atoms with Crippen molar-refractivity contribution in [3.8, 4) is 0 Å². The molecule has 0 aliphatic rings. The van der Waals surface area contributed by atoms with Crippen molar-refractivity contribution >= 4 is 50.7 Å². The quantitative estimate of drug-likeness (QED) is 0.394. The molecule has 0 spiro atoms. The molecular weight excluding hydrogens is 521 g/mol. The van der Waals surface area contributed by atoms with Crippen molar-refractivity contribution in [2.45, 2.75) is 59.5 Å². The molecular formula is C26H35Cl2N3O4S. The van der Waals surface area contributed by atoms with Crippen LogP contribution in [-0.2, 0) is 26.2 Å². The average Bonchev–Trinajstić information content (AvgIpc) is 2.77. The van der Waals surface area contributed by atoms with Crippen LogP contribution in [-0.4, -0.2) is 50.5 Å². The van der Waals surface area contributed by atoms with E-state index in [4.69, 9.17) is 23.2 Å². The monoisotopic (exact) mass is 555 g/mol. The van der Waals surface area contributed by atoms with Crippen molar-refractivity contribution < 1.29 is 18.0 Å². The van der Waals surface area contributed by atoms with Crippen LogP contribution in [0.15, 0.2) is 36.4 Å². The number of nitrogens with zero attached hydrogens (tertiary/aromatic N) is 2. The van der Waals surface area contributed by atoms with Gasteiger partial charge in [-0.1, -0.05) is 42.3 Å². The SMILES string of the molecule is CCCNC(=O)C(C)N(Cc1ccc(Cl)cc1Cl)C(=O)CCCN(c1cc(C)cc(C)c1)S(C)(=O)=O. The lowest BCUT2D eigenvalue weighted by molar-refractivity contribution is -0.140. The Labute approximate surface area is 224 Å². The van der Waals surface area contributed by atoms with E-state index in [-0.39, 0.29) is 37.7 Å². The first-order valence-corrected chi connectivity index (χ1v) is 14.5. The summed E-state index contributed by atoms with van der Waals surface area (Å²) in [6.07, 6.45) is 2.27. The summed E-state index contributed by atoms with van der Waals surface area (Å²) in [6, 6.07) is 9.86. The van der Waals surface area contributed by atoms with Gasteiger partial charge in [0.2, 0.25) is 21.8 Å². The smallest absolute Gasteiger partial charge is 0.242 e. The number of nitrogens with one attached hydrogen (secondary N) is 1. The molecule has 0 radical (unpaired) electrons. The number of anilines is 1. The number of hydrogen-bond donors (Lipinski definition) is 1. The molecule has 1 atom stereocenters. The number of amides is 2. The fourth-order valence-electron chi connectivity index (χ4n) is 3.91. The second-order valence-corrected chi connectivity index (χ2v) is 11.8. The molecule has 2 rings (SSSR count). The van der Waals surface area contributed by atoms with Gasteiger partial charge in [-0.2, -0.15) is 0 Å². The molecule has 1 unspecified atom stereocenters. The summed E-state index contributed by atoms with van der Waals surface area (Å²) < 4.78 is 26.4. The zero-order chi connectivity index (χ0) is 27.0. The molecule has 0 bridgehead atoms. The van der Waals surface area contributed by atoms with Crippen LogP contribution in [0.2, 0.25) is 10.0 Å². The van der Waals surface area contributed by atoms with Crippen LogP contribution >= 0.6 is 23.2 Å². The van der Waals surface area contributed by atoms with E-state index < -0.39 is 16.1 Å². The van der Waals surface area contributed by atoms with Crippen molar-refractivity contribution in [3.05, 3.63) is 63.1 Å². The highest BCUT2D eigenvalue weighted by Gasteiger charge is 2.27. The van der Waals surface area contributed by atoms with Crippen molar-refractivity contribution in [3.63, 3.8) is 0 Å². The summed E-state index contributed by atoms with van der Waals surface area (Å²) in [6.45, 7) is 8.21. The van der Waals surface area contributed by atoms with E-state index >= 15 is 0 Å². The van der Waals surface area contributed by atoms with Gasteiger partial charge in [0.1, 0.15) is 6.04 Å². The Hall–Kier alpha value is -2.29. The van der Waals surface area contributed by atoms with E-state index in [9.17, 15) is 18.0 Å². The molecule has 2 amide bonds. The molecule has 36 heavy (non-hydrogen) atoms. The summed E-state index contributed by atoms with van der Waals surface area (Å²) in [4.78, 5) is 27.5. The number of rotatable bonds is 12. The van der Waals surface area contributed by atoms with Gasteiger partial charge in [0.05, 0.1) is 11.9 Å². The maximum Gasteiger partial charge on any atom is 0.242 e. The summed E-state index contributed by atoms with van der Waals surface area (Å²) in [7, 11) is -3.55. The largest absolute Gasteiger partial charge is 0.354 e. The number of benzene rings is 2. The van der Waals surface area contributed by atoms with E-state index in [1.807, 2.05) is 39.0 Å². The van der Waals surface area contributed by atoms with Gasteiger partial charge < -0.3 is 10.2 Å². The number of carbonyl (C=O) groups is 2. The Morgan fingerprint density at radius 1 is 1.06 bits per heavy atom. The van der Waals surface area contributed by atoms with E-state index in [0.29, 0.717) is 27.8 Å². The molecule has 0 aliphatic carbocycles. The van der Waals surface area contributed by atoms with Crippen molar-refractivity contribution in [2.75, 3.05) is 23.7 Å². The van der Waals surface area contributed by atoms with Gasteiger partial charge in [-0.3, -0.25) is 13.9 Å². The predicted molar refractivity (Wildman–Crippen MR) is 147 cm³/mol. The first kappa shape index (κ1) is 29.9. The highest BCUT2D eigenvalue weighted by Crippen LogP contribution is 2.25. The summed E-state index contributed by atoms with van der Waals surface area (Å²) in [5.74, 6) is -0.530. The van der Waals surface area contributed by atoms with Crippen LogP contribution in [0.25, 0.3) is 0 Å². The number of hydrogen-bond acceptors (Lipinski definition) is 4. The second kappa shape index (κ2) is 13.3. The van der Waals surface area contributed by atoms with Gasteiger partial charge in [-0.05, 0) is 74.6 Å². The van der Waals surface area contributed by atoms with Crippen LogP contribution in [0.4, 0.5) is 5.69 Å². The molecule has 198 valence electrons. The maximum absolute atomic E-state index is 13.3. The first-order valence-electron chi connectivity index (χ1n) is 11.9. The van der Waals surface area contributed by atoms with E-state index in [1.165, 1.54) is 9.21 Å². The highest BCUT2D eigenvalue weighted by molar-refractivity contribution is 7.92. The Kier molecular flexibility index (Phi) is 11.1. The summed E-state index contributed by atoms with van der Waals surface area (Å²) in [5, 5.41) is 3.71. The van der Waals surface area contributed by atoms with E-state index in [0.717, 1.165) is 23.8 Å². The minimum atomic E-state index is -3.55. The number of halogens is 2. The van der Waals surface area contributed by atoms with Crippen molar-refractivity contribution in [1.29, 1.82) is 0 Å². The molecule has 2 aromatic rings. The molecule has 1 N–H and O–H groups in total. The molecule has 0 saturated carbocycles. The standard InChI is InChI=1S/C26H35Cl2N3O4S/c1-6-11-29-26(33)20(4)30(17-21-9-10-22(27)16-24(21)28)25(32)8-7-12-31(36(5,34)35)23-14-18(2)13-19(3)15-23/h9-10,13-16,20H,6-8,11-12,17H2,1-5H3,(H,29,33).